The molecule has 0 unspecified atom stereocenters. The van der Waals surface area contributed by atoms with Crippen molar-refractivity contribution in [1.29, 1.82) is 0 Å². The minimum Gasteiger partial charge on any atom is -0.391 e. The van der Waals surface area contributed by atoms with Crippen molar-refractivity contribution in [2.75, 3.05) is 0 Å². The van der Waals surface area contributed by atoms with Crippen LogP contribution >= 0.6 is 0 Å². The lowest BCUT2D eigenvalue weighted by Crippen LogP contribution is -2.43. The average Bonchev–Trinajstić information content (AvgIpc) is 2.92. The van der Waals surface area contributed by atoms with Crippen LogP contribution in [0.2, 0.25) is 0 Å². The van der Waals surface area contributed by atoms with Gasteiger partial charge in [0.25, 0.3) is 0 Å². The molecule has 0 radical (unpaired) electrons. The van der Waals surface area contributed by atoms with Crippen LogP contribution < -0.4 is 0 Å². The van der Waals surface area contributed by atoms with Crippen LogP contribution in [0, 0.1) is 16.0 Å². The first-order chi connectivity index (χ1) is 10.1. The smallest absolute Gasteiger partial charge is 0.246 e. The average molecular weight is 290 g/mol. The predicted octanol–water partition coefficient (Wildman–Crippen LogP) is 2.72. The molecule has 0 saturated heterocycles. The van der Waals surface area contributed by atoms with Crippen LogP contribution in [0.1, 0.15) is 43.9 Å². The molecule has 0 bridgehead atoms. The minimum atomic E-state index is -0.341. The molecule has 0 spiro atoms. The molecule has 0 aromatic carbocycles. The van der Waals surface area contributed by atoms with E-state index in [9.17, 15) is 15.2 Å². The maximum Gasteiger partial charge on any atom is 0.246 e. The molecular formula is C15H18N2O4. The van der Waals surface area contributed by atoms with E-state index in [1.807, 2.05) is 0 Å². The zero-order valence-corrected chi connectivity index (χ0v) is 11.9. The normalized spacial score (nSPS) is 28.6. The van der Waals surface area contributed by atoms with Crippen molar-refractivity contribution in [3.63, 3.8) is 0 Å². The number of rotatable bonds is 4. The summed E-state index contributed by atoms with van der Waals surface area (Å²) in [6, 6.07) is 0. The van der Waals surface area contributed by atoms with Gasteiger partial charge in [0.2, 0.25) is 5.70 Å². The fraction of sp³-hybridized carbons (Fsp3) is 0.533. The highest BCUT2D eigenvalue weighted by atomic mass is 16.6. The SMILES string of the molecule is CC1CC(C2=CCCC([N+](=O)[O-])=C2)(c2nocc2CO)C1. The van der Waals surface area contributed by atoms with Crippen molar-refractivity contribution in [3.8, 4) is 0 Å². The van der Waals surface area contributed by atoms with Gasteiger partial charge in [0.15, 0.2) is 0 Å². The Morgan fingerprint density at radius 3 is 2.95 bits per heavy atom. The molecule has 112 valence electrons. The number of aromatic nitrogens is 1. The lowest BCUT2D eigenvalue weighted by atomic mass is 9.56. The van der Waals surface area contributed by atoms with E-state index in [1.54, 1.807) is 6.08 Å². The van der Waals surface area contributed by atoms with Gasteiger partial charge in [-0.25, -0.2) is 0 Å². The second kappa shape index (κ2) is 5.11. The number of allylic oxidation sites excluding steroid dienone is 4. The second-order valence-corrected chi connectivity index (χ2v) is 6.03. The van der Waals surface area contributed by atoms with E-state index in [0.717, 1.165) is 24.1 Å². The molecule has 1 fully saturated rings. The van der Waals surface area contributed by atoms with Crippen LogP contribution in [0.5, 0.6) is 0 Å². The second-order valence-electron chi connectivity index (χ2n) is 6.03. The lowest BCUT2D eigenvalue weighted by molar-refractivity contribution is -0.428. The fourth-order valence-corrected chi connectivity index (χ4v) is 3.62. The Kier molecular flexibility index (Phi) is 3.41. The van der Waals surface area contributed by atoms with Crippen LogP contribution in [0.3, 0.4) is 0 Å². The van der Waals surface area contributed by atoms with Gasteiger partial charge in [-0.2, -0.15) is 0 Å². The third kappa shape index (κ3) is 2.19. The van der Waals surface area contributed by atoms with Crippen molar-refractivity contribution in [3.05, 3.63) is 51.1 Å². The molecule has 1 N–H and O–H groups in total. The van der Waals surface area contributed by atoms with Crippen molar-refractivity contribution in [1.82, 2.24) is 5.16 Å². The molecule has 0 atom stereocenters. The molecule has 0 amide bonds. The number of aliphatic hydroxyl groups excluding tert-OH is 1. The molecule has 1 saturated carbocycles. The number of aliphatic hydroxyl groups is 1. The van der Waals surface area contributed by atoms with E-state index in [4.69, 9.17) is 4.52 Å². The highest BCUT2D eigenvalue weighted by molar-refractivity contribution is 5.45. The third-order valence-corrected chi connectivity index (χ3v) is 4.53. The first-order valence-electron chi connectivity index (χ1n) is 7.17. The van der Waals surface area contributed by atoms with Gasteiger partial charge >= 0.3 is 0 Å². The maximum atomic E-state index is 11.0. The van der Waals surface area contributed by atoms with Gasteiger partial charge in [0, 0.05) is 23.5 Å². The van der Waals surface area contributed by atoms with E-state index in [1.165, 1.54) is 6.26 Å². The highest BCUT2D eigenvalue weighted by Gasteiger charge is 2.49. The minimum absolute atomic E-state index is 0.131. The first kappa shape index (κ1) is 14.0. The number of nitro groups is 1. The van der Waals surface area contributed by atoms with Gasteiger partial charge in [-0.1, -0.05) is 18.2 Å². The molecule has 3 rings (SSSR count). The summed E-state index contributed by atoms with van der Waals surface area (Å²) in [5, 5.41) is 24.6. The quantitative estimate of drug-likeness (QED) is 0.680. The lowest BCUT2D eigenvalue weighted by Gasteiger charge is -2.47. The molecule has 1 aromatic heterocycles. The number of hydrogen-bond acceptors (Lipinski definition) is 5. The summed E-state index contributed by atoms with van der Waals surface area (Å²) in [6.45, 7) is 2.02. The highest BCUT2D eigenvalue weighted by Crippen LogP contribution is 2.54. The van der Waals surface area contributed by atoms with E-state index >= 15 is 0 Å². The largest absolute Gasteiger partial charge is 0.391 e. The Morgan fingerprint density at radius 1 is 1.57 bits per heavy atom. The Bertz CT molecular complexity index is 623. The first-order valence-corrected chi connectivity index (χ1v) is 7.17. The van der Waals surface area contributed by atoms with E-state index in [-0.39, 0.29) is 22.6 Å². The monoisotopic (exact) mass is 290 g/mol. The summed E-state index contributed by atoms with van der Waals surface area (Å²) in [5.74, 6) is 0.531. The Balaban J connectivity index is 2.03. The zero-order valence-electron chi connectivity index (χ0n) is 11.9. The molecule has 0 aliphatic heterocycles. The van der Waals surface area contributed by atoms with Gasteiger partial charge < -0.3 is 9.63 Å². The van der Waals surface area contributed by atoms with E-state index < -0.39 is 0 Å². The molecule has 21 heavy (non-hydrogen) atoms. The van der Waals surface area contributed by atoms with Crippen LogP contribution in [0.15, 0.2) is 34.2 Å². The van der Waals surface area contributed by atoms with Gasteiger partial charge in [-0.05, 0) is 30.8 Å². The molecule has 1 aromatic rings. The summed E-state index contributed by atoms with van der Waals surface area (Å²) in [7, 11) is 0. The Hall–Kier alpha value is -1.95. The predicted molar refractivity (Wildman–Crippen MR) is 74.9 cm³/mol. The number of nitrogens with zero attached hydrogens (tertiary/aromatic N) is 2. The standard InChI is InChI=1S/C15H18N2O4/c1-10-6-15(7-10,14-11(8-18)9-21-16-14)12-3-2-4-13(5-12)17(19)20/h3,5,9-10,18H,2,4,6-8H2,1H3. The van der Waals surface area contributed by atoms with Crippen molar-refractivity contribution in [2.45, 2.75) is 44.6 Å². The van der Waals surface area contributed by atoms with Gasteiger partial charge in [-0.15, -0.1) is 0 Å². The molecule has 2 aliphatic carbocycles. The summed E-state index contributed by atoms with van der Waals surface area (Å²) in [5.41, 5.74) is 2.26. The maximum absolute atomic E-state index is 11.0. The third-order valence-electron chi connectivity index (χ3n) is 4.53. The van der Waals surface area contributed by atoms with E-state index in [0.29, 0.717) is 24.3 Å². The molecule has 1 heterocycles. The van der Waals surface area contributed by atoms with Crippen molar-refractivity contribution < 1.29 is 14.6 Å². The number of hydrogen-bond donors (Lipinski definition) is 1. The van der Waals surface area contributed by atoms with Gasteiger partial charge in [0.1, 0.15) is 6.26 Å². The molecule has 2 aliphatic rings. The molecular weight excluding hydrogens is 272 g/mol. The summed E-state index contributed by atoms with van der Waals surface area (Å²) in [4.78, 5) is 10.7. The van der Waals surface area contributed by atoms with Gasteiger partial charge in [-0.3, -0.25) is 10.1 Å². The molecule has 6 heteroatoms. The Labute approximate surface area is 122 Å². The van der Waals surface area contributed by atoms with Crippen LogP contribution in [0.25, 0.3) is 0 Å². The van der Waals surface area contributed by atoms with Gasteiger partial charge in [0.05, 0.1) is 17.2 Å². The van der Waals surface area contributed by atoms with Crippen LogP contribution in [-0.2, 0) is 12.0 Å². The topological polar surface area (TPSA) is 89.4 Å². The Morgan fingerprint density at radius 2 is 2.33 bits per heavy atom. The van der Waals surface area contributed by atoms with Crippen molar-refractivity contribution >= 4 is 0 Å². The van der Waals surface area contributed by atoms with Crippen LogP contribution in [0.4, 0.5) is 0 Å². The van der Waals surface area contributed by atoms with Crippen molar-refractivity contribution in [2.24, 2.45) is 5.92 Å². The fourth-order valence-electron chi connectivity index (χ4n) is 3.62. The zero-order chi connectivity index (χ0) is 15.0. The summed E-state index contributed by atoms with van der Waals surface area (Å²) < 4.78 is 5.03. The molecule has 6 nitrogen and oxygen atoms in total. The van der Waals surface area contributed by atoms with Crippen LogP contribution in [-0.4, -0.2) is 15.2 Å². The summed E-state index contributed by atoms with van der Waals surface area (Å²) in [6.07, 6.45) is 8.10. The van der Waals surface area contributed by atoms with E-state index in [2.05, 4.69) is 18.2 Å². The summed E-state index contributed by atoms with van der Waals surface area (Å²) >= 11 is 0.